The number of rotatable bonds is 5. The standard InChI is InChI=1S/C18H27NS/c1-3-19-17(18(2)10-5-11-20-18)13-14-8-9-15-6-4-7-16(15)12-14/h8-9,12,17,19H,3-7,10-11,13H2,1-2H3. The summed E-state index contributed by atoms with van der Waals surface area (Å²) in [5.41, 5.74) is 4.74. The van der Waals surface area contributed by atoms with Crippen molar-refractivity contribution in [2.45, 2.75) is 63.2 Å². The summed E-state index contributed by atoms with van der Waals surface area (Å²) in [7, 11) is 0. The lowest BCUT2D eigenvalue weighted by molar-refractivity contribution is 0.406. The summed E-state index contributed by atoms with van der Waals surface area (Å²) < 4.78 is 0.426. The van der Waals surface area contributed by atoms with Crippen molar-refractivity contribution >= 4 is 11.8 Å². The molecular weight excluding hydrogens is 262 g/mol. The van der Waals surface area contributed by atoms with Crippen LogP contribution in [0.25, 0.3) is 0 Å². The minimum atomic E-state index is 0.426. The van der Waals surface area contributed by atoms with E-state index in [2.05, 4.69) is 49.1 Å². The molecule has 1 nitrogen and oxygen atoms in total. The minimum absolute atomic E-state index is 0.426. The van der Waals surface area contributed by atoms with Crippen LogP contribution in [0.2, 0.25) is 0 Å². The first-order chi connectivity index (χ1) is 9.71. The van der Waals surface area contributed by atoms with Crippen molar-refractivity contribution in [3.8, 4) is 0 Å². The Hall–Kier alpha value is -0.470. The molecule has 1 aromatic carbocycles. The summed E-state index contributed by atoms with van der Waals surface area (Å²) in [6, 6.07) is 7.84. The largest absolute Gasteiger partial charge is 0.313 e. The number of nitrogens with one attached hydrogen (secondary N) is 1. The van der Waals surface area contributed by atoms with E-state index in [1.54, 1.807) is 11.1 Å². The molecule has 0 bridgehead atoms. The van der Waals surface area contributed by atoms with Gasteiger partial charge in [-0.25, -0.2) is 0 Å². The van der Waals surface area contributed by atoms with Gasteiger partial charge in [0.25, 0.3) is 0 Å². The Balaban J connectivity index is 1.76. The monoisotopic (exact) mass is 289 g/mol. The highest BCUT2D eigenvalue weighted by molar-refractivity contribution is 8.00. The summed E-state index contributed by atoms with van der Waals surface area (Å²) in [6.07, 6.45) is 7.86. The molecule has 0 saturated carbocycles. The third kappa shape index (κ3) is 2.92. The highest BCUT2D eigenvalue weighted by Gasteiger charge is 2.37. The van der Waals surface area contributed by atoms with Gasteiger partial charge in [0.1, 0.15) is 0 Å². The lowest BCUT2D eigenvalue weighted by Gasteiger charge is -2.34. The first-order valence-electron chi connectivity index (χ1n) is 8.19. The van der Waals surface area contributed by atoms with E-state index in [1.807, 2.05) is 0 Å². The molecule has 20 heavy (non-hydrogen) atoms. The second-order valence-corrected chi connectivity index (χ2v) is 8.17. The van der Waals surface area contributed by atoms with Crippen LogP contribution in [0.5, 0.6) is 0 Å². The minimum Gasteiger partial charge on any atom is -0.313 e. The topological polar surface area (TPSA) is 12.0 Å². The smallest absolute Gasteiger partial charge is 0.0288 e. The predicted octanol–water partition coefficient (Wildman–Crippen LogP) is 3.98. The van der Waals surface area contributed by atoms with Gasteiger partial charge in [-0.3, -0.25) is 0 Å². The summed E-state index contributed by atoms with van der Waals surface area (Å²) in [5.74, 6) is 1.34. The van der Waals surface area contributed by atoms with Crippen LogP contribution in [0.4, 0.5) is 0 Å². The van der Waals surface area contributed by atoms with Gasteiger partial charge in [-0.15, -0.1) is 0 Å². The molecule has 1 aliphatic heterocycles. The van der Waals surface area contributed by atoms with Crippen molar-refractivity contribution in [3.05, 3.63) is 34.9 Å². The van der Waals surface area contributed by atoms with E-state index >= 15 is 0 Å². The van der Waals surface area contributed by atoms with E-state index in [4.69, 9.17) is 0 Å². The Kier molecular flexibility index (Phi) is 4.42. The van der Waals surface area contributed by atoms with Gasteiger partial charge in [0.05, 0.1) is 0 Å². The fourth-order valence-electron chi connectivity index (χ4n) is 3.81. The molecule has 2 aliphatic rings. The van der Waals surface area contributed by atoms with Crippen molar-refractivity contribution in [3.63, 3.8) is 0 Å². The molecule has 0 spiro atoms. The molecule has 1 saturated heterocycles. The van der Waals surface area contributed by atoms with Gasteiger partial charge in [-0.05, 0) is 74.4 Å². The number of benzene rings is 1. The lowest BCUT2D eigenvalue weighted by atomic mass is 9.90. The van der Waals surface area contributed by atoms with Gasteiger partial charge in [0.15, 0.2) is 0 Å². The van der Waals surface area contributed by atoms with Gasteiger partial charge in [0.2, 0.25) is 0 Å². The van der Waals surface area contributed by atoms with Gasteiger partial charge in [0, 0.05) is 10.8 Å². The first-order valence-corrected chi connectivity index (χ1v) is 9.18. The van der Waals surface area contributed by atoms with Crippen molar-refractivity contribution in [1.82, 2.24) is 5.32 Å². The molecule has 2 heteroatoms. The zero-order chi connectivity index (χ0) is 14.0. The molecule has 1 aliphatic carbocycles. The van der Waals surface area contributed by atoms with Gasteiger partial charge in [-0.2, -0.15) is 11.8 Å². The van der Waals surface area contributed by atoms with Crippen LogP contribution in [-0.4, -0.2) is 23.1 Å². The van der Waals surface area contributed by atoms with Crippen LogP contribution in [0.15, 0.2) is 18.2 Å². The second-order valence-electron chi connectivity index (χ2n) is 6.54. The molecule has 2 atom stereocenters. The Morgan fingerprint density at radius 1 is 1.25 bits per heavy atom. The van der Waals surface area contributed by atoms with Crippen LogP contribution in [-0.2, 0) is 19.3 Å². The SMILES string of the molecule is CCNC(Cc1ccc2c(c1)CCC2)C1(C)CCCS1. The normalized spacial score (nSPS) is 26.7. The van der Waals surface area contributed by atoms with Gasteiger partial charge in [-0.1, -0.05) is 25.1 Å². The van der Waals surface area contributed by atoms with Crippen LogP contribution < -0.4 is 5.32 Å². The van der Waals surface area contributed by atoms with E-state index in [1.165, 1.54) is 49.8 Å². The van der Waals surface area contributed by atoms with E-state index in [0.717, 1.165) is 6.54 Å². The molecule has 1 fully saturated rings. The molecule has 3 rings (SSSR count). The number of hydrogen-bond acceptors (Lipinski definition) is 2. The Morgan fingerprint density at radius 2 is 2.10 bits per heavy atom. The number of thioether (sulfide) groups is 1. The summed E-state index contributed by atoms with van der Waals surface area (Å²) in [4.78, 5) is 0. The third-order valence-electron chi connectivity index (χ3n) is 5.04. The highest BCUT2D eigenvalue weighted by atomic mass is 32.2. The predicted molar refractivity (Wildman–Crippen MR) is 89.7 cm³/mol. The van der Waals surface area contributed by atoms with Crippen LogP contribution in [0, 0.1) is 0 Å². The second kappa shape index (κ2) is 6.11. The maximum absolute atomic E-state index is 3.76. The Labute approximate surface area is 127 Å². The summed E-state index contributed by atoms with van der Waals surface area (Å²) in [5, 5.41) is 3.76. The lowest BCUT2D eigenvalue weighted by Crippen LogP contribution is -2.46. The van der Waals surface area contributed by atoms with Crippen LogP contribution in [0.3, 0.4) is 0 Å². The fraction of sp³-hybridized carbons (Fsp3) is 0.667. The van der Waals surface area contributed by atoms with E-state index in [9.17, 15) is 0 Å². The molecule has 0 radical (unpaired) electrons. The summed E-state index contributed by atoms with van der Waals surface area (Å²) in [6.45, 7) is 5.77. The van der Waals surface area contributed by atoms with Crippen molar-refractivity contribution < 1.29 is 0 Å². The molecule has 110 valence electrons. The van der Waals surface area contributed by atoms with Crippen LogP contribution >= 0.6 is 11.8 Å². The number of aryl methyl sites for hydroxylation is 2. The highest BCUT2D eigenvalue weighted by Crippen LogP contribution is 2.41. The number of fused-ring (bicyclic) bond motifs is 1. The first kappa shape index (κ1) is 14.5. The quantitative estimate of drug-likeness (QED) is 0.880. The van der Waals surface area contributed by atoms with E-state index in [0.29, 0.717) is 10.8 Å². The van der Waals surface area contributed by atoms with Crippen molar-refractivity contribution in [1.29, 1.82) is 0 Å². The van der Waals surface area contributed by atoms with E-state index < -0.39 is 0 Å². The third-order valence-corrected chi connectivity index (χ3v) is 6.68. The molecule has 2 unspecified atom stereocenters. The molecule has 0 amide bonds. The van der Waals surface area contributed by atoms with E-state index in [-0.39, 0.29) is 0 Å². The van der Waals surface area contributed by atoms with Gasteiger partial charge >= 0.3 is 0 Å². The number of hydrogen-bond donors (Lipinski definition) is 1. The van der Waals surface area contributed by atoms with Gasteiger partial charge < -0.3 is 5.32 Å². The Morgan fingerprint density at radius 3 is 2.85 bits per heavy atom. The fourth-order valence-corrected chi connectivity index (χ4v) is 5.23. The molecule has 1 N–H and O–H groups in total. The average Bonchev–Trinajstić information content (AvgIpc) is 3.07. The maximum Gasteiger partial charge on any atom is 0.0288 e. The zero-order valence-corrected chi connectivity index (χ0v) is 13.7. The summed E-state index contributed by atoms with van der Waals surface area (Å²) >= 11 is 2.17. The van der Waals surface area contributed by atoms with Crippen molar-refractivity contribution in [2.24, 2.45) is 0 Å². The number of likely N-dealkylation sites (N-methyl/N-ethyl adjacent to an activating group) is 1. The average molecular weight is 289 g/mol. The Bertz CT molecular complexity index is 462. The molecule has 0 aromatic heterocycles. The zero-order valence-electron chi connectivity index (χ0n) is 12.9. The molecule has 1 aromatic rings. The molecular formula is C18H27NS. The van der Waals surface area contributed by atoms with Crippen molar-refractivity contribution in [2.75, 3.05) is 12.3 Å². The molecule has 1 heterocycles. The maximum atomic E-state index is 3.76. The van der Waals surface area contributed by atoms with Crippen LogP contribution in [0.1, 0.15) is 49.8 Å².